The Bertz CT molecular complexity index is 1200. The van der Waals surface area contributed by atoms with Gasteiger partial charge in [-0.2, -0.15) is 0 Å². The molecule has 1 aliphatic heterocycles. The van der Waals surface area contributed by atoms with Crippen LogP contribution in [0, 0.1) is 0 Å². The number of aromatic nitrogens is 2. The first-order chi connectivity index (χ1) is 14.0. The summed E-state index contributed by atoms with van der Waals surface area (Å²) in [6.45, 7) is 2.77. The van der Waals surface area contributed by atoms with E-state index in [0.29, 0.717) is 41.8 Å². The number of benzene rings is 2. The van der Waals surface area contributed by atoms with Crippen LogP contribution in [-0.4, -0.2) is 33.7 Å². The van der Waals surface area contributed by atoms with Crippen LogP contribution >= 0.6 is 15.9 Å². The average molecular weight is 454 g/mol. The summed E-state index contributed by atoms with van der Waals surface area (Å²) in [5.41, 5.74) is 2.56. The fourth-order valence-corrected chi connectivity index (χ4v) is 4.01. The van der Waals surface area contributed by atoms with Gasteiger partial charge >= 0.3 is 0 Å². The largest absolute Gasteiger partial charge is 0.396 e. The maximum atomic E-state index is 13.1. The van der Waals surface area contributed by atoms with Gasteiger partial charge in [0.1, 0.15) is 5.82 Å². The third-order valence-electron chi connectivity index (χ3n) is 5.04. The molecular formula is C22H20BrN3O3. The lowest BCUT2D eigenvalue weighted by Crippen LogP contribution is -2.26. The summed E-state index contributed by atoms with van der Waals surface area (Å²) in [4.78, 5) is 32.5. The Balaban J connectivity index is 1.95. The van der Waals surface area contributed by atoms with Crippen LogP contribution in [0.25, 0.3) is 22.6 Å². The molecule has 7 heteroatoms. The van der Waals surface area contributed by atoms with Crippen LogP contribution in [0.15, 0.2) is 51.7 Å². The molecule has 2 aromatic carbocycles. The molecule has 2 heterocycles. The van der Waals surface area contributed by atoms with E-state index in [0.717, 1.165) is 15.7 Å². The van der Waals surface area contributed by atoms with Gasteiger partial charge in [-0.1, -0.05) is 28.1 Å². The second-order valence-electron chi connectivity index (χ2n) is 6.79. The Kier molecular flexibility index (Phi) is 5.34. The number of hydrogen-bond acceptors (Lipinski definition) is 4. The number of amides is 1. The van der Waals surface area contributed by atoms with E-state index in [-0.39, 0.29) is 18.1 Å². The van der Waals surface area contributed by atoms with Crippen molar-refractivity contribution in [2.45, 2.75) is 19.9 Å². The number of anilines is 1. The highest BCUT2D eigenvalue weighted by atomic mass is 79.9. The molecule has 0 unspecified atom stereocenters. The predicted molar refractivity (Wildman–Crippen MR) is 118 cm³/mol. The van der Waals surface area contributed by atoms with Gasteiger partial charge in [0.15, 0.2) is 0 Å². The van der Waals surface area contributed by atoms with E-state index in [2.05, 4.69) is 20.9 Å². The van der Waals surface area contributed by atoms with Gasteiger partial charge in [-0.05, 0) is 49.8 Å². The third-order valence-corrected chi connectivity index (χ3v) is 5.53. The quantitative estimate of drug-likeness (QED) is 0.600. The summed E-state index contributed by atoms with van der Waals surface area (Å²) in [5.74, 6) is 0.297. The van der Waals surface area contributed by atoms with E-state index in [1.54, 1.807) is 29.2 Å². The number of para-hydroxylation sites is 1. The third kappa shape index (κ3) is 3.41. The highest BCUT2D eigenvalue weighted by Gasteiger charge is 2.31. The monoisotopic (exact) mass is 453 g/mol. The highest BCUT2D eigenvalue weighted by Crippen LogP contribution is 2.39. The number of halogens is 1. The van der Waals surface area contributed by atoms with Gasteiger partial charge in [-0.15, -0.1) is 0 Å². The van der Waals surface area contributed by atoms with E-state index >= 15 is 0 Å². The Morgan fingerprint density at radius 3 is 2.72 bits per heavy atom. The summed E-state index contributed by atoms with van der Waals surface area (Å²) in [6, 6.07) is 12.9. The van der Waals surface area contributed by atoms with Crippen LogP contribution in [0.3, 0.4) is 0 Å². The molecule has 0 aliphatic carbocycles. The van der Waals surface area contributed by atoms with E-state index in [4.69, 9.17) is 0 Å². The highest BCUT2D eigenvalue weighted by molar-refractivity contribution is 9.10. The van der Waals surface area contributed by atoms with E-state index in [1.807, 2.05) is 31.2 Å². The van der Waals surface area contributed by atoms with Crippen molar-refractivity contribution in [3.8, 4) is 0 Å². The average Bonchev–Trinajstić information content (AvgIpc) is 2.98. The second kappa shape index (κ2) is 7.93. The predicted octanol–water partition coefficient (Wildman–Crippen LogP) is 3.45. The van der Waals surface area contributed by atoms with E-state index in [1.165, 1.54) is 4.57 Å². The minimum atomic E-state index is -0.178. The fourth-order valence-electron chi connectivity index (χ4n) is 3.65. The van der Waals surface area contributed by atoms with Gasteiger partial charge in [0.2, 0.25) is 0 Å². The van der Waals surface area contributed by atoms with E-state index < -0.39 is 0 Å². The minimum absolute atomic E-state index is 0.0341. The van der Waals surface area contributed by atoms with Crippen LogP contribution in [0.2, 0.25) is 0 Å². The van der Waals surface area contributed by atoms with Gasteiger partial charge in [0.25, 0.3) is 11.5 Å². The molecule has 1 aliphatic rings. The molecule has 6 nitrogen and oxygen atoms in total. The van der Waals surface area contributed by atoms with Gasteiger partial charge in [0, 0.05) is 29.7 Å². The molecule has 4 rings (SSSR count). The van der Waals surface area contributed by atoms with Crippen molar-refractivity contribution in [2.75, 3.05) is 18.1 Å². The van der Waals surface area contributed by atoms with Crippen molar-refractivity contribution in [2.24, 2.45) is 0 Å². The Labute approximate surface area is 176 Å². The Hall–Kier alpha value is -2.77. The van der Waals surface area contributed by atoms with Crippen LogP contribution in [0.4, 0.5) is 5.69 Å². The van der Waals surface area contributed by atoms with Gasteiger partial charge in [0.05, 0.1) is 22.2 Å². The Morgan fingerprint density at radius 1 is 1.17 bits per heavy atom. The van der Waals surface area contributed by atoms with Crippen LogP contribution in [-0.2, 0) is 11.3 Å². The molecule has 0 bridgehead atoms. The first-order valence-electron chi connectivity index (χ1n) is 9.49. The molecule has 0 saturated carbocycles. The topological polar surface area (TPSA) is 75.4 Å². The number of carbonyl (C=O) groups excluding carboxylic acids is 1. The zero-order valence-electron chi connectivity index (χ0n) is 15.9. The molecule has 0 radical (unpaired) electrons. The van der Waals surface area contributed by atoms with Crippen molar-refractivity contribution in [3.63, 3.8) is 0 Å². The SMILES string of the molecule is CCN1C(=O)/C(=C/c2nc3ccccc3c(=O)n2CCCO)c2cc(Br)ccc21. The van der Waals surface area contributed by atoms with Crippen molar-refractivity contribution in [3.05, 3.63) is 68.7 Å². The molecule has 148 valence electrons. The normalized spacial score (nSPS) is 14.8. The summed E-state index contributed by atoms with van der Waals surface area (Å²) in [5, 5.41) is 9.78. The molecular weight excluding hydrogens is 434 g/mol. The lowest BCUT2D eigenvalue weighted by Gasteiger charge is -2.13. The smallest absolute Gasteiger partial charge is 0.261 e. The van der Waals surface area contributed by atoms with Gasteiger partial charge in [-0.3, -0.25) is 14.2 Å². The first kappa shape index (κ1) is 19.5. The number of rotatable bonds is 5. The summed E-state index contributed by atoms with van der Waals surface area (Å²) in [7, 11) is 0. The molecule has 1 N–H and O–H groups in total. The summed E-state index contributed by atoms with van der Waals surface area (Å²) >= 11 is 3.48. The van der Waals surface area contributed by atoms with Gasteiger partial charge < -0.3 is 10.0 Å². The number of nitrogens with zero attached hydrogens (tertiary/aromatic N) is 3. The fraction of sp³-hybridized carbons (Fsp3) is 0.227. The molecule has 29 heavy (non-hydrogen) atoms. The lowest BCUT2D eigenvalue weighted by molar-refractivity contribution is -0.112. The van der Waals surface area contributed by atoms with E-state index in [9.17, 15) is 14.7 Å². The molecule has 0 spiro atoms. The summed E-state index contributed by atoms with van der Waals surface area (Å²) in [6.07, 6.45) is 2.11. The lowest BCUT2D eigenvalue weighted by atomic mass is 10.1. The van der Waals surface area contributed by atoms with Crippen LogP contribution in [0.1, 0.15) is 24.7 Å². The molecule has 0 atom stereocenters. The second-order valence-corrected chi connectivity index (χ2v) is 7.71. The number of likely N-dealkylation sites (N-methyl/N-ethyl adjacent to an activating group) is 1. The van der Waals surface area contributed by atoms with Crippen molar-refractivity contribution >= 4 is 50.1 Å². The number of aliphatic hydroxyl groups excluding tert-OH is 1. The van der Waals surface area contributed by atoms with Gasteiger partial charge in [-0.25, -0.2) is 4.98 Å². The maximum Gasteiger partial charge on any atom is 0.261 e. The summed E-state index contributed by atoms with van der Waals surface area (Å²) < 4.78 is 2.41. The molecule has 1 amide bonds. The van der Waals surface area contributed by atoms with Crippen LogP contribution < -0.4 is 10.5 Å². The first-order valence-corrected chi connectivity index (χ1v) is 10.3. The molecule has 1 aromatic heterocycles. The standard InChI is InChI=1S/C22H20BrN3O3/c1-2-25-19-9-8-14(23)12-16(19)17(22(25)29)13-20-24-18-7-4-3-6-15(18)21(28)26(20)10-5-11-27/h3-4,6-9,12-13,27H,2,5,10-11H2,1H3/b17-13+. The van der Waals surface area contributed by atoms with Crippen molar-refractivity contribution in [1.82, 2.24) is 9.55 Å². The van der Waals surface area contributed by atoms with Crippen LogP contribution in [0.5, 0.6) is 0 Å². The maximum absolute atomic E-state index is 13.1. The molecule has 0 saturated heterocycles. The number of fused-ring (bicyclic) bond motifs is 2. The number of carbonyl (C=O) groups is 1. The minimum Gasteiger partial charge on any atom is -0.396 e. The van der Waals surface area contributed by atoms with Crippen molar-refractivity contribution < 1.29 is 9.90 Å². The molecule has 3 aromatic rings. The number of hydrogen-bond donors (Lipinski definition) is 1. The number of aliphatic hydroxyl groups is 1. The zero-order chi connectivity index (χ0) is 20.5. The Morgan fingerprint density at radius 2 is 1.97 bits per heavy atom. The zero-order valence-corrected chi connectivity index (χ0v) is 17.5. The van der Waals surface area contributed by atoms with Crippen molar-refractivity contribution in [1.29, 1.82) is 0 Å². The molecule has 0 fully saturated rings.